The molecule has 1 N–H and O–H groups in total. The SMILES string of the molecule is O=C(CC1(O)CCCCC1)N1CCOC(c2ccc(-c3cncnc3)cn2)C1. The van der Waals surface area contributed by atoms with Crippen LogP contribution in [0.25, 0.3) is 11.1 Å². The summed E-state index contributed by atoms with van der Waals surface area (Å²) in [4.78, 5) is 27.2. The summed E-state index contributed by atoms with van der Waals surface area (Å²) in [7, 11) is 0. The summed E-state index contributed by atoms with van der Waals surface area (Å²) in [5.74, 6) is 0.00996. The second-order valence-electron chi connectivity index (χ2n) is 7.76. The maximum atomic E-state index is 12.8. The normalized spacial score (nSPS) is 22.0. The van der Waals surface area contributed by atoms with Crippen molar-refractivity contribution >= 4 is 5.91 Å². The zero-order valence-corrected chi connectivity index (χ0v) is 16.0. The number of rotatable bonds is 4. The number of morpholine rings is 1. The minimum atomic E-state index is -0.833. The molecule has 1 amide bonds. The molecule has 0 spiro atoms. The highest BCUT2D eigenvalue weighted by Crippen LogP contribution is 2.32. The van der Waals surface area contributed by atoms with Crippen molar-refractivity contribution in [2.24, 2.45) is 0 Å². The first kappa shape index (κ1) is 19.0. The third-order valence-corrected chi connectivity index (χ3v) is 5.69. The van der Waals surface area contributed by atoms with E-state index in [-0.39, 0.29) is 18.4 Å². The second kappa shape index (κ2) is 8.32. The Morgan fingerprint density at radius 3 is 2.64 bits per heavy atom. The fourth-order valence-corrected chi connectivity index (χ4v) is 4.05. The van der Waals surface area contributed by atoms with Crippen LogP contribution < -0.4 is 0 Å². The molecule has 2 aromatic heterocycles. The van der Waals surface area contributed by atoms with Gasteiger partial charge in [0.15, 0.2) is 0 Å². The van der Waals surface area contributed by atoms with Gasteiger partial charge in [0, 0.05) is 36.3 Å². The van der Waals surface area contributed by atoms with E-state index in [1.165, 1.54) is 6.33 Å². The Hall–Kier alpha value is -2.38. The van der Waals surface area contributed by atoms with Crippen LogP contribution in [-0.2, 0) is 9.53 Å². The lowest BCUT2D eigenvalue weighted by molar-refractivity contribution is -0.145. The highest BCUT2D eigenvalue weighted by Gasteiger charge is 2.35. The number of hydrogen-bond donors (Lipinski definition) is 1. The van der Waals surface area contributed by atoms with Gasteiger partial charge in [-0.05, 0) is 18.9 Å². The lowest BCUT2D eigenvalue weighted by Gasteiger charge is -2.37. The number of amides is 1. The Balaban J connectivity index is 1.40. The van der Waals surface area contributed by atoms with Crippen LogP contribution in [0.2, 0.25) is 0 Å². The predicted molar refractivity (Wildman–Crippen MR) is 103 cm³/mol. The smallest absolute Gasteiger partial charge is 0.225 e. The number of aromatic nitrogens is 3. The highest BCUT2D eigenvalue weighted by molar-refractivity contribution is 5.77. The number of nitrogens with zero attached hydrogens (tertiary/aromatic N) is 4. The summed E-state index contributed by atoms with van der Waals surface area (Å²) in [6.07, 6.45) is 11.3. The van der Waals surface area contributed by atoms with E-state index in [9.17, 15) is 9.90 Å². The lowest BCUT2D eigenvalue weighted by atomic mass is 9.82. The quantitative estimate of drug-likeness (QED) is 0.874. The molecule has 1 unspecified atom stereocenters. The molecule has 28 heavy (non-hydrogen) atoms. The van der Waals surface area contributed by atoms with E-state index in [0.29, 0.717) is 19.7 Å². The highest BCUT2D eigenvalue weighted by atomic mass is 16.5. The number of pyridine rings is 1. The van der Waals surface area contributed by atoms with Crippen LogP contribution >= 0.6 is 0 Å². The molecule has 1 saturated heterocycles. The van der Waals surface area contributed by atoms with E-state index < -0.39 is 5.60 Å². The Morgan fingerprint density at radius 1 is 1.14 bits per heavy atom. The number of carbonyl (C=O) groups is 1. The molecule has 7 nitrogen and oxygen atoms in total. The minimum Gasteiger partial charge on any atom is -0.389 e. The van der Waals surface area contributed by atoms with Gasteiger partial charge in [-0.3, -0.25) is 9.78 Å². The maximum Gasteiger partial charge on any atom is 0.225 e. The monoisotopic (exact) mass is 382 g/mol. The summed E-state index contributed by atoms with van der Waals surface area (Å²) < 4.78 is 5.86. The molecule has 2 aromatic rings. The molecule has 4 rings (SSSR count). The van der Waals surface area contributed by atoms with Crippen LogP contribution in [0.15, 0.2) is 37.1 Å². The first-order valence-electron chi connectivity index (χ1n) is 9.96. The molecule has 0 radical (unpaired) electrons. The van der Waals surface area contributed by atoms with Gasteiger partial charge >= 0.3 is 0 Å². The van der Waals surface area contributed by atoms with Crippen molar-refractivity contribution in [1.82, 2.24) is 19.9 Å². The van der Waals surface area contributed by atoms with Gasteiger partial charge in [0.25, 0.3) is 0 Å². The van der Waals surface area contributed by atoms with Crippen LogP contribution in [-0.4, -0.2) is 56.2 Å². The predicted octanol–water partition coefficient (Wildman–Crippen LogP) is 2.52. The molecule has 1 aliphatic carbocycles. The van der Waals surface area contributed by atoms with Crippen LogP contribution in [0.5, 0.6) is 0 Å². The topological polar surface area (TPSA) is 88.4 Å². The van der Waals surface area contributed by atoms with Gasteiger partial charge in [-0.1, -0.05) is 25.3 Å². The maximum absolute atomic E-state index is 12.8. The summed E-state index contributed by atoms with van der Waals surface area (Å²) in [5.41, 5.74) is 1.81. The lowest BCUT2D eigenvalue weighted by Crippen LogP contribution is -2.46. The van der Waals surface area contributed by atoms with Crippen molar-refractivity contribution in [3.63, 3.8) is 0 Å². The van der Waals surface area contributed by atoms with Gasteiger partial charge < -0.3 is 14.7 Å². The van der Waals surface area contributed by atoms with Gasteiger partial charge in [-0.15, -0.1) is 0 Å². The first-order chi connectivity index (χ1) is 13.6. The van der Waals surface area contributed by atoms with Crippen molar-refractivity contribution in [3.8, 4) is 11.1 Å². The van der Waals surface area contributed by atoms with E-state index in [1.54, 1.807) is 23.5 Å². The van der Waals surface area contributed by atoms with Gasteiger partial charge in [0.1, 0.15) is 12.4 Å². The van der Waals surface area contributed by atoms with E-state index in [0.717, 1.165) is 48.9 Å². The molecule has 1 saturated carbocycles. The summed E-state index contributed by atoms with van der Waals surface area (Å²) in [6, 6.07) is 3.89. The Morgan fingerprint density at radius 2 is 1.93 bits per heavy atom. The number of aliphatic hydroxyl groups is 1. The van der Waals surface area contributed by atoms with Gasteiger partial charge in [-0.25, -0.2) is 9.97 Å². The van der Waals surface area contributed by atoms with Gasteiger partial charge in [0.05, 0.1) is 30.9 Å². The zero-order valence-electron chi connectivity index (χ0n) is 16.0. The third kappa shape index (κ3) is 4.36. The first-order valence-corrected chi connectivity index (χ1v) is 9.96. The van der Waals surface area contributed by atoms with Crippen molar-refractivity contribution in [2.75, 3.05) is 19.7 Å². The van der Waals surface area contributed by atoms with Crippen molar-refractivity contribution in [2.45, 2.75) is 50.2 Å². The Kier molecular flexibility index (Phi) is 5.64. The summed E-state index contributed by atoms with van der Waals surface area (Å²) in [5, 5.41) is 10.7. The van der Waals surface area contributed by atoms with E-state index in [2.05, 4.69) is 15.0 Å². The van der Waals surface area contributed by atoms with Crippen molar-refractivity contribution < 1.29 is 14.6 Å². The molecule has 2 aliphatic rings. The van der Waals surface area contributed by atoms with E-state index >= 15 is 0 Å². The van der Waals surface area contributed by atoms with Gasteiger partial charge in [0.2, 0.25) is 5.91 Å². The van der Waals surface area contributed by atoms with Crippen LogP contribution in [0.1, 0.15) is 50.3 Å². The fourth-order valence-electron chi connectivity index (χ4n) is 4.05. The van der Waals surface area contributed by atoms with Gasteiger partial charge in [-0.2, -0.15) is 0 Å². The average Bonchev–Trinajstić information content (AvgIpc) is 2.75. The molecular formula is C21H26N4O3. The molecule has 3 heterocycles. The van der Waals surface area contributed by atoms with Crippen LogP contribution in [0.3, 0.4) is 0 Å². The number of hydrogen-bond acceptors (Lipinski definition) is 6. The number of carbonyl (C=O) groups excluding carboxylic acids is 1. The molecule has 1 atom stereocenters. The van der Waals surface area contributed by atoms with Crippen LogP contribution in [0.4, 0.5) is 0 Å². The number of ether oxygens (including phenoxy) is 1. The summed E-state index contributed by atoms with van der Waals surface area (Å²) >= 11 is 0. The minimum absolute atomic E-state index is 0.00996. The van der Waals surface area contributed by atoms with Crippen molar-refractivity contribution in [3.05, 3.63) is 42.7 Å². The second-order valence-corrected chi connectivity index (χ2v) is 7.76. The van der Waals surface area contributed by atoms with Crippen LogP contribution in [0, 0.1) is 0 Å². The largest absolute Gasteiger partial charge is 0.389 e. The average molecular weight is 382 g/mol. The molecule has 7 heteroatoms. The fraction of sp³-hybridized carbons (Fsp3) is 0.524. The zero-order chi connectivity index (χ0) is 19.4. The summed E-state index contributed by atoms with van der Waals surface area (Å²) in [6.45, 7) is 1.51. The molecule has 0 aromatic carbocycles. The molecule has 2 fully saturated rings. The molecule has 0 bridgehead atoms. The Labute approximate surface area is 164 Å². The molecule has 1 aliphatic heterocycles. The van der Waals surface area contributed by atoms with E-state index in [1.807, 2.05) is 12.1 Å². The molecular weight excluding hydrogens is 356 g/mol. The van der Waals surface area contributed by atoms with Crippen molar-refractivity contribution in [1.29, 1.82) is 0 Å². The Bertz CT molecular complexity index is 791. The standard InChI is InChI=1S/C21H26N4O3/c26-20(10-21(27)6-2-1-3-7-21)25-8-9-28-19(14-25)18-5-4-16(13-24-18)17-11-22-15-23-12-17/h4-5,11-13,15,19,27H,1-3,6-10,14H2. The molecule has 148 valence electrons. The third-order valence-electron chi connectivity index (χ3n) is 5.69. The van der Waals surface area contributed by atoms with E-state index in [4.69, 9.17) is 4.74 Å².